The molecule has 0 aliphatic carbocycles. The summed E-state index contributed by atoms with van der Waals surface area (Å²) in [5.74, 6) is -0.0709. The van der Waals surface area contributed by atoms with E-state index in [0.29, 0.717) is 6.54 Å². The number of aromatic nitrogens is 1. The molecule has 1 aromatic heterocycles. The standard InChI is InChI=1S/C17H23N3OS/c1-3-7-14(18)17(21)19-11-10-15-20-16(12(2)22-15)13-8-5-4-6-9-13/h4-6,8-9,14H,3,7,10-11,18H2,1-2H3,(H,19,21). The van der Waals surface area contributed by atoms with Crippen molar-refractivity contribution >= 4 is 17.2 Å². The number of benzene rings is 1. The van der Waals surface area contributed by atoms with Crippen molar-refractivity contribution in [2.24, 2.45) is 5.73 Å². The highest BCUT2D eigenvalue weighted by atomic mass is 32.1. The molecular weight excluding hydrogens is 294 g/mol. The van der Waals surface area contributed by atoms with Crippen molar-refractivity contribution in [1.29, 1.82) is 0 Å². The smallest absolute Gasteiger partial charge is 0.236 e. The lowest BCUT2D eigenvalue weighted by atomic mass is 10.1. The molecule has 0 radical (unpaired) electrons. The number of aryl methyl sites for hydroxylation is 1. The molecule has 1 atom stereocenters. The summed E-state index contributed by atoms with van der Waals surface area (Å²) in [4.78, 5) is 17.7. The number of hydrogen-bond donors (Lipinski definition) is 2. The van der Waals surface area contributed by atoms with Crippen molar-refractivity contribution < 1.29 is 4.79 Å². The molecule has 0 aliphatic rings. The van der Waals surface area contributed by atoms with Gasteiger partial charge in [0.25, 0.3) is 0 Å². The maximum atomic E-state index is 11.8. The van der Waals surface area contributed by atoms with Gasteiger partial charge in [-0.2, -0.15) is 0 Å². The van der Waals surface area contributed by atoms with Gasteiger partial charge in [0.2, 0.25) is 5.91 Å². The van der Waals surface area contributed by atoms with Crippen LogP contribution in [-0.4, -0.2) is 23.5 Å². The number of nitrogens with zero attached hydrogens (tertiary/aromatic N) is 1. The topological polar surface area (TPSA) is 68.0 Å². The predicted octanol–water partition coefficient (Wildman–Crippen LogP) is 2.90. The van der Waals surface area contributed by atoms with E-state index >= 15 is 0 Å². The summed E-state index contributed by atoms with van der Waals surface area (Å²) in [6.45, 7) is 4.69. The molecule has 0 aliphatic heterocycles. The molecule has 1 unspecified atom stereocenters. The fourth-order valence-electron chi connectivity index (χ4n) is 2.29. The molecule has 0 bridgehead atoms. The third-order valence-electron chi connectivity index (χ3n) is 3.46. The van der Waals surface area contributed by atoms with E-state index in [-0.39, 0.29) is 5.91 Å². The minimum Gasteiger partial charge on any atom is -0.354 e. The zero-order chi connectivity index (χ0) is 15.9. The van der Waals surface area contributed by atoms with Crippen LogP contribution in [0.3, 0.4) is 0 Å². The summed E-state index contributed by atoms with van der Waals surface area (Å²) in [6.07, 6.45) is 2.38. The van der Waals surface area contributed by atoms with Gasteiger partial charge in [0, 0.05) is 23.4 Å². The van der Waals surface area contributed by atoms with Gasteiger partial charge in [-0.05, 0) is 13.3 Å². The first kappa shape index (κ1) is 16.6. The average molecular weight is 317 g/mol. The zero-order valence-electron chi connectivity index (χ0n) is 13.1. The first-order valence-corrected chi connectivity index (χ1v) is 8.48. The number of nitrogens with one attached hydrogen (secondary N) is 1. The summed E-state index contributed by atoms with van der Waals surface area (Å²) in [7, 11) is 0. The van der Waals surface area contributed by atoms with Gasteiger partial charge in [-0.15, -0.1) is 11.3 Å². The monoisotopic (exact) mass is 317 g/mol. The van der Waals surface area contributed by atoms with E-state index < -0.39 is 6.04 Å². The Morgan fingerprint density at radius 1 is 1.36 bits per heavy atom. The van der Waals surface area contributed by atoms with Crippen LogP contribution in [0.2, 0.25) is 0 Å². The third-order valence-corrected chi connectivity index (χ3v) is 4.49. The van der Waals surface area contributed by atoms with Crippen molar-refractivity contribution in [1.82, 2.24) is 10.3 Å². The quantitative estimate of drug-likeness (QED) is 0.825. The van der Waals surface area contributed by atoms with E-state index in [1.165, 1.54) is 4.88 Å². The van der Waals surface area contributed by atoms with Gasteiger partial charge in [0.1, 0.15) is 0 Å². The second kappa shape index (κ2) is 8.06. The summed E-state index contributed by atoms with van der Waals surface area (Å²) in [5, 5.41) is 3.93. The maximum absolute atomic E-state index is 11.8. The van der Waals surface area contributed by atoms with Gasteiger partial charge in [0.05, 0.1) is 16.7 Å². The van der Waals surface area contributed by atoms with E-state index in [9.17, 15) is 4.79 Å². The van der Waals surface area contributed by atoms with Gasteiger partial charge >= 0.3 is 0 Å². The van der Waals surface area contributed by atoms with E-state index in [1.807, 2.05) is 25.1 Å². The zero-order valence-corrected chi connectivity index (χ0v) is 14.0. The van der Waals surface area contributed by atoms with Crippen LogP contribution in [0.4, 0.5) is 0 Å². The van der Waals surface area contributed by atoms with Gasteiger partial charge in [-0.25, -0.2) is 4.98 Å². The fraction of sp³-hybridized carbons (Fsp3) is 0.412. The molecule has 0 saturated heterocycles. The van der Waals surface area contributed by atoms with E-state index in [1.54, 1.807) is 11.3 Å². The average Bonchev–Trinajstić information content (AvgIpc) is 2.89. The fourth-order valence-corrected chi connectivity index (χ4v) is 3.24. The molecule has 1 amide bonds. The van der Waals surface area contributed by atoms with E-state index in [2.05, 4.69) is 24.4 Å². The van der Waals surface area contributed by atoms with Crippen LogP contribution in [0.25, 0.3) is 11.3 Å². The Morgan fingerprint density at radius 3 is 2.77 bits per heavy atom. The molecule has 1 aromatic carbocycles. The number of nitrogens with two attached hydrogens (primary N) is 1. The van der Waals surface area contributed by atoms with E-state index in [4.69, 9.17) is 10.7 Å². The van der Waals surface area contributed by atoms with Crippen LogP contribution < -0.4 is 11.1 Å². The summed E-state index contributed by atoms with van der Waals surface area (Å²) in [6, 6.07) is 9.77. The Morgan fingerprint density at radius 2 is 2.09 bits per heavy atom. The number of carbonyl (C=O) groups is 1. The van der Waals surface area contributed by atoms with Crippen LogP contribution in [0.15, 0.2) is 30.3 Å². The SMILES string of the molecule is CCCC(N)C(=O)NCCc1nc(-c2ccccc2)c(C)s1. The largest absolute Gasteiger partial charge is 0.354 e. The third kappa shape index (κ3) is 4.39. The number of carbonyl (C=O) groups excluding carboxylic acids is 1. The number of amides is 1. The lowest BCUT2D eigenvalue weighted by Crippen LogP contribution is -2.41. The second-order valence-corrected chi connectivity index (χ2v) is 6.60. The summed E-state index contributed by atoms with van der Waals surface area (Å²) < 4.78 is 0. The van der Waals surface area contributed by atoms with Crippen LogP contribution in [0.1, 0.15) is 29.7 Å². The first-order valence-electron chi connectivity index (χ1n) is 7.66. The van der Waals surface area contributed by atoms with Crippen molar-refractivity contribution in [2.45, 2.75) is 39.2 Å². The van der Waals surface area contributed by atoms with Crippen LogP contribution in [0.5, 0.6) is 0 Å². The van der Waals surface area contributed by atoms with Gasteiger partial charge < -0.3 is 11.1 Å². The first-order chi connectivity index (χ1) is 10.6. The van der Waals surface area contributed by atoms with Gasteiger partial charge in [-0.1, -0.05) is 43.7 Å². The Balaban J connectivity index is 1.91. The van der Waals surface area contributed by atoms with Crippen LogP contribution in [-0.2, 0) is 11.2 Å². The highest BCUT2D eigenvalue weighted by molar-refractivity contribution is 7.12. The molecule has 4 nitrogen and oxygen atoms in total. The molecule has 22 heavy (non-hydrogen) atoms. The molecule has 1 heterocycles. The Kier molecular flexibility index (Phi) is 6.10. The van der Waals surface area contributed by atoms with E-state index in [0.717, 1.165) is 35.5 Å². The lowest BCUT2D eigenvalue weighted by Gasteiger charge is -2.10. The van der Waals surface area contributed by atoms with Crippen LogP contribution >= 0.6 is 11.3 Å². The highest BCUT2D eigenvalue weighted by Crippen LogP contribution is 2.27. The maximum Gasteiger partial charge on any atom is 0.236 e. The molecule has 5 heteroatoms. The summed E-state index contributed by atoms with van der Waals surface area (Å²) in [5.41, 5.74) is 7.96. The Hall–Kier alpha value is -1.72. The van der Waals surface area contributed by atoms with Crippen molar-refractivity contribution in [3.05, 3.63) is 40.2 Å². The molecule has 2 aromatic rings. The Labute approximate surface area is 135 Å². The molecule has 0 fully saturated rings. The molecule has 2 rings (SSSR count). The van der Waals surface area contributed by atoms with Crippen molar-refractivity contribution in [2.75, 3.05) is 6.54 Å². The lowest BCUT2D eigenvalue weighted by molar-refractivity contribution is -0.122. The van der Waals surface area contributed by atoms with Crippen LogP contribution in [0, 0.1) is 6.92 Å². The second-order valence-electron chi connectivity index (χ2n) is 5.31. The Bertz CT molecular complexity index is 610. The predicted molar refractivity (Wildman–Crippen MR) is 91.9 cm³/mol. The number of hydrogen-bond acceptors (Lipinski definition) is 4. The summed E-state index contributed by atoms with van der Waals surface area (Å²) >= 11 is 1.69. The minimum atomic E-state index is -0.400. The van der Waals surface area contributed by atoms with Gasteiger partial charge in [0.15, 0.2) is 0 Å². The molecule has 0 saturated carbocycles. The molecule has 0 spiro atoms. The molecular formula is C17H23N3OS. The normalized spacial score (nSPS) is 12.1. The van der Waals surface area contributed by atoms with Crippen molar-refractivity contribution in [3.8, 4) is 11.3 Å². The molecule has 118 valence electrons. The number of rotatable bonds is 7. The van der Waals surface area contributed by atoms with Crippen molar-refractivity contribution in [3.63, 3.8) is 0 Å². The highest BCUT2D eigenvalue weighted by Gasteiger charge is 2.13. The number of thiazole rings is 1. The molecule has 3 N–H and O–H groups in total. The van der Waals surface area contributed by atoms with Gasteiger partial charge in [-0.3, -0.25) is 4.79 Å². The minimum absolute atomic E-state index is 0.0709.